The van der Waals surface area contributed by atoms with E-state index in [4.69, 9.17) is 5.26 Å². The lowest BCUT2D eigenvalue weighted by atomic mass is 9.86. The third kappa shape index (κ3) is 4.94. The Morgan fingerprint density at radius 1 is 1.16 bits per heavy atom. The molecule has 0 amide bonds. The van der Waals surface area contributed by atoms with Crippen molar-refractivity contribution in [3.8, 4) is 6.07 Å². The quantitative estimate of drug-likeness (QED) is 0.578. The molecule has 168 valence electrons. The van der Waals surface area contributed by atoms with Gasteiger partial charge in [0.2, 0.25) is 0 Å². The summed E-state index contributed by atoms with van der Waals surface area (Å²) in [7, 11) is 1.50. The van der Waals surface area contributed by atoms with E-state index >= 15 is 0 Å². The topological polar surface area (TPSA) is 98.0 Å². The molecular weight excluding hydrogens is 420 g/mol. The van der Waals surface area contributed by atoms with E-state index in [9.17, 15) is 4.21 Å². The Morgan fingerprint density at radius 3 is 2.56 bits per heavy atom. The van der Waals surface area contributed by atoms with Crippen LogP contribution in [0.3, 0.4) is 0 Å². The molecule has 7 nitrogen and oxygen atoms in total. The second-order valence-electron chi connectivity index (χ2n) is 8.64. The minimum absolute atomic E-state index is 0.399. The average molecular weight is 451 g/mol. The second-order valence-corrected chi connectivity index (χ2v) is 11.2. The number of anilines is 1. The summed E-state index contributed by atoms with van der Waals surface area (Å²) >= 11 is 0. The van der Waals surface area contributed by atoms with Crippen LogP contribution in [0.25, 0.3) is 11.0 Å². The molecule has 1 unspecified atom stereocenters. The van der Waals surface area contributed by atoms with Gasteiger partial charge in [0.05, 0.1) is 33.4 Å². The molecule has 1 fully saturated rings. The van der Waals surface area contributed by atoms with E-state index < -0.39 is 9.73 Å². The molecule has 0 saturated heterocycles. The number of aromatic nitrogens is 3. The van der Waals surface area contributed by atoms with Gasteiger partial charge in [0.1, 0.15) is 17.8 Å². The van der Waals surface area contributed by atoms with Crippen LogP contribution < -0.4 is 4.90 Å². The summed E-state index contributed by atoms with van der Waals surface area (Å²) in [4.78, 5) is 14.2. The highest BCUT2D eigenvalue weighted by atomic mass is 32.2. The first-order chi connectivity index (χ1) is 15.5. The molecule has 4 rings (SSSR count). The molecule has 8 heteroatoms. The van der Waals surface area contributed by atoms with E-state index in [0.29, 0.717) is 29.9 Å². The van der Waals surface area contributed by atoms with Crippen molar-refractivity contribution in [1.29, 1.82) is 5.26 Å². The van der Waals surface area contributed by atoms with Gasteiger partial charge < -0.3 is 9.88 Å². The molecule has 32 heavy (non-hydrogen) atoms. The third-order valence-electron chi connectivity index (χ3n) is 6.56. The van der Waals surface area contributed by atoms with Crippen LogP contribution in [0.5, 0.6) is 0 Å². The first-order valence-corrected chi connectivity index (χ1v) is 12.9. The van der Waals surface area contributed by atoms with Crippen LogP contribution in [-0.2, 0) is 21.9 Å². The zero-order chi connectivity index (χ0) is 22.6. The lowest BCUT2D eigenvalue weighted by molar-refractivity contribution is 0.342. The Balaban J connectivity index is 1.36. The highest BCUT2D eigenvalue weighted by Gasteiger charge is 2.28. The van der Waals surface area contributed by atoms with Gasteiger partial charge in [-0.15, -0.1) is 0 Å². The van der Waals surface area contributed by atoms with Gasteiger partial charge in [-0.2, -0.15) is 5.26 Å². The van der Waals surface area contributed by atoms with Crippen molar-refractivity contribution in [3.63, 3.8) is 0 Å². The van der Waals surface area contributed by atoms with Gasteiger partial charge in [-0.3, -0.25) is 0 Å². The number of hydrogen-bond acceptors (Lipinski definition) is 6. The van der Waals surface area contributed by atoms with E-state index in [1.54, 1.807) is 13.4 Å². The van der Waals surface area contributed by atoms with Gasteiger partial charge in [-0.1, -0.05) is 24.3 Å². The smallest absolute Gasteiger partial charge is 0.142 e. The number of benzene rings is 1. The molecule has 1 aliphatic rings. The molecule has 2 heterocycles. The summed E-state index contributed by atoms with van der Waals surface area (Å²) in [5.74, 6) is 2.51. The summed E-state index contributed by atoms with van der Waals surface area (Å²) in [6.45, 7) is 0. The van der Waals surface area contributed by atoms with Gasteiger partial charge in [-0.05, 0) is 48.8 Å². The van der Waals surface area contributed by atoms with Gasteiger partial charge in [0.25, 0.3) is 0 Å². The van der Waals surface area contributed by atoms with Crippen LogP contribution in [0.2, 0.25) is 0 Å². The molecule has 2 aromatic heterocycles. The van der Waals surface area contributed by atoms with Gasteiger partial charge in [0.15, 0.2) is 0 Å². The van der Waals surface area contributed by atoms with Crippen molar-refractivity contribution in [2.24, 2.45) is 10.3 Å². The van der Waals surface area contributed by atoms with Crippen molar-refractivity contribution >= 4 is 26.6 Å². The van der Waals surface area contributed by atoms with Crippen LogP contribution >= 0.6 is 0 Å². The number of nitriles is 1. The van der Waals surface area contributed by atoms with Crippen molar-refractivity contribution in [3.05, 3.63) is 54.0 Å². The lowest BCUT2D eigenvalue weighted by Gasteiger charge is -2.35. The molecule has 1 atom stereocenters. The minimum atomic E-state index is -2.29. The number of H-pyrrole nitrogens is 1. The second kappa shape index (κ2) is 9.70. The molecule has 0 radical (unpaired) electrons. The van der Waals surface area contributed by atoms with Crippen molar-refractivity contribution in [2.75, 3.05) is 24.7 Å². The molecule has 1 saturated carbocycles. The zero-order valence-electron chi connectivity index (χ0n) is 18.7. The van der Waals surface area contributed by atoms with Gasteiger partial charge in [-0.25, -0.2) is 18.5 Å². The van der Waals surface area contributed by atoms with E-state index in [-0.39, 0.29) is 0 Å². The summed E-state index contributed by atoms with van der Waals surface area (Å²) in [5.41, 5.74) is 2.87. The van der Waals surface area contributed by atoms with Crippen molar-refractivity contribution in [1.82, 2.24) is 15.0 Å². The maximum Gasteiger partial charge on any atom is 0.142 e. The predicted octanol–water partition coefficient (Wildman–Crippen LogP) is 4.32. The molecule has 1 N–H and O–H groups in total. The SMILES string of the molecule is CN=S(=O)(Cc1ccc(CC#N)cc1)CC1CCC(N(C)c2ncnc3[nH]ccc23)CC1. The summed E-state index contributed by atoms with van der Waals surface area (Å²) in [6.07, 6.45) is 8.11. The molecule has 0 aliphatic heterocycles. The Labute approximate surface area is 190 Å². The van der Waals surface area contributed by atoms with Crippen LogP contribution in [0.1, 0.15) is 36.8 Å². The normalized spacial score (nSPS) is 20.4. The first-order valence-electron chi connectivity index (χ1n) is 11.1. The summed E-state index contributed by atoms with van der Waals surface area (Å²) < 4.78 is 17.8. The standard InChI is InChI=1S/C24H30N6OS/c1-26-32(31,15-19-5-3-18(4-6-19)11-13-25)16-20-7-9-21(10-8-20)30(2)24-22-12-14-27-23(22)28-17-29-24/h3-6,12,14,17,20-21H,7-11,15-16H2,1-2H3,(H,27,28,29). The van der Waals surface area contributed by atoms with Crippen LogP contribution in [0.15, 0.2) is 47.2 Å². The van der Waals surface area contributed by atoms with Crippen LogP contribution in [0, 0.1) is 17.2 Å². The molecule has 3 aromatic rings. The number of nitrogens with one attached hydrogen (secondary N) is 1. The molecule has 0 spiro atoms. The number of fused-ring (bicyclic) bond motifs is 1. The number of hydrogen-bond donors (Lipinski definition) is 1. The largest absolute Gasteiger partial charge is 0.356 e. The van der Waals surface area contributed by atoms with Crippen LogP contribution in [-0.4, -0.2) is 45.1 Å². The zero-order valence-corrected chi connectivity index (χ0v) is 19.5. The van der Waals surface area contributed by atoms with Gasteiger partial charge >= 0.3 is 0 Å². The van der Waals surface area contributed by atoms with Crippen molar-refractivity contribution in [2.45, 2.75) is 43.9 Å². The number of nitrogens with zero attached hydrogens (tertiary/aromatic N) is 5. The van der Waals surface area contributed by atoms with E-state index in [1.807, 2.05) is 36.5 Å². The maximum absolute atomic E-state index is 13.5. The molecule has 1 aliphatic carbocycles. The Hall–Kier alpha value is -2.92. The van der Waals surface area contributed by atoms with Gasteiger partial charge in [0, 0.05) is 32.1 Å². The predicted molar refractivity (Wildman–Crippen MR) is 129 cm³/mol. The van der Waals surface area contributed by atoms with Crippen LogP contribution in [0.4, 0.5) is 5.82 Å². The minimum Gasteiger partial charge on any atom is -0.356 e. The number of aromatic amines is 1. The highest BCUT2D eigenvalue weighted by Crippen LogP contribution is 2.32. The maximum atomic E-state index is 13.5. The van der Waals surface area contributed by atoms with E-state index in [0.717, 1.165) is 53.7 Å². The number of rotatable bonds is 7. The fourth-order valence-electron chi connectivity index (χ4n) is 4.68. The molecular formula is C24H30N6OS. The Kier molecular flexibility index (Phi) is 6.75. The highest BCUT2D eigenvalue weighted by molar-refractivity contribution is 7.92. The fraction of sp³-hybridized carbons (Fsp3) is 0.458. The Morgan fingerprint density at radius 2 is 1.88 bits per heavy atom. The monoisotopic (exact) mass is 450 g/mol. The summed E-state index contributed by atoms with van der Waals surface area (Å²) in [5, 5.41) is 9.88. The molecule has 0 bridgehead atoms. The summed E-state index contributed by atoms with van der Waals surface area (Å²) in [6, 6.07) is 12.5. The van der Waals surface area contributed by atoms with E-state index in [2.05, 4.69) is 37.3 Å². The third-order valence-corrected chi connectivity index (χ3v) is 9.00. The fourth-order valence-corrected chi connectivity index (χ4v) is 6.86. The lowest BCUT2D eigenvalue weighted by Crippen LogP contribution is -2.37. The van der Waals surface area contributed by atoms with Crippen molar-refractivity contribution < 1.29 is 4.21 Å². The van der Waals surface area contributed by atoms with E-state index in [1.165, 1.54) is 0 Å². The average Bonchev–Trinajstić information content (AvgIpc) is 3.30. The molecule has 1 aromatic carbocycles. The first kappa shape index (κ1) is 22.3. The Bertz CT molecular complexity index is 1210.